The van der Waals surface area contributed by atoms with E-state index in [4.69, 9.17) is 0 Å². The predicted molar refractivity (Wildman–Crippen MR) is 64.1 cm³/mol. The van der Waals surface area contributed by atoms with Crippen molar-refractivity contribution in [1.29, 1.82) is 0 Å². The van der Waals surface area contributed by atoms with Crippen molar-refractivity contribution in [2.45, 2.75) is 12.8 Å². The van der Waals surface area contributed by atoms with Crippen molar-refractivity contribution >= 4 is 15.9 Å². The molecule has 1 N–H and O–H groups in total. The number of hydrogen-bond donors (Lipinski definition) is 1. The average molecular weight is 254 g/mol. The second-order valence-corrected chi connectivity index (χ2v) is 4.68. The van der Waals surface area contributed by atoms with E-state index in [0.29, 0.717) is 5.92 Å². The minimum Gasteiger partial charge on any atom is -0.316 e. The molecule has 2 heteroatoms. The van der Waals surface area contributed by atoms with Gasteiger partial charge in [-0.05, 0) is 30.5 Å². The molecule has 1 aliphatic rings. The Balaban J connectivity index is 2.26. The molecule has 1 aromatic carbocycles. The molecule has 1 aromatic rings. The minimum atomic E-state index is 0.690. The highest BCUT2D eigenvalue weighted by molar-refractivity contribution is 9.09. The summed E-state index contributed by atoms with van der Waals surface area (Å²) in [7, 11) is 0. The fraction of sp³-hybridized carbons (Fsp3) is 0.500. The number of halogens is 1. The van der Waals surface area contributed by atoms with E-state index in [9.17, 15) is 0 Å². The quantitative estimate of drug-likeness (QED) is 0.800. The number of hydrogen-bond acceptors (Lipinski definition) is 1. The molecule has 1 aliphatic heterocycles. The molecule has 2 atom stereocenters. The van der Waals surface area contributed by atoms with Gasteiger partial charge in [0, 0.05) is 17.8 Å². The van der Waals surface area contributed by atoms with E-state index in [-0.39, 0.29) is 0 Å². The fourth-order valence-electron chi connectivity index (χ4n) is 2.26. The van der Waals surface area contributed by atoms with Gasteiger partial charge >= 0.3 is 0 Å². The first-order valence-corrected chi connectivity index (χ1v) is 6.27. The highest BCUT2D eigenvalue weighted by Crippen LogP contribution is 2.31. The van der Waals surface area contributed by atoms with Crippen LogP contribution >= 0.6 is 15.9 Å². The second-order valence-electron chi connectivity index (χ2n) is 4.04. The van der Waals surface area contributed by atoms with Gasteiger partial charge in [0.2, 0.25) is 0 Å². The van der Waals surface area contributed by atoms with Gasteiger partial charge < -0.3 is 5.32 Å². The van der Waals surface area contributed by atoms with Crippen LogP contribution in [0.5, 0.6) is 0 Å². The van der Waals surface area contributed by atoms with Gasteiger partial charge in [0.25, 0.3) is 0 Å². The van der Waals surface area contributed by atoms with Crippen LogP contribution in [0.1, 0.15) is 17.0 Å². The lowest BCUT2D eigenvalue weighted by molar-refractivity contribution is 0.583. The molecule has 76 valence electrons. The van der Waals surface area contributed by atoms with E-state index < -0.39 is 0 Å². The molecule has 0 saturated carbocycles. The first-order chi connectivity index (χ1) is 6.83. The van der Waals surface area contributed by atoms with E-state index in [1.54, 1.807) is 0 Å². The van der Waals surface area contributed by atoms with Crippen LogP contribution in [-0.4, -0.2) is 18.4 Å². The average Bonchev–Trinajstić information content (AvgIpc) is 2.66. The Kier molecular flexibility index (Phi) is 3.24. The Morgan fingerprint density at radius 1 is 1.36 bits per heavy atom. The van der Waals surface area contributed by atoms with Crippen molar-refractivity contribution in [3.05, 3.63) is 35.4 Å². The summed E-state index contributed by atoms with van der Waals surface area (Å²) in [6.07, 6.45) is 0. The predicted octanol–water partition coefficient (Wildman–Crippen LogP) is 2.69. The monoisotopic (exact) mass is 253 g/mol. The van der Waals surface area contributed by atoms with E-state index in [0.717, 1.165) is 24.3 Å². The number of rotatable bonds is 2. The van der Waals surface area contributed by atoms with Crippen molar-refractivity contribution in [3.8, 4) is 0 Å². The summed E-state index contributed by atoms with van der Waals surface area (Å²) in [4.78, 5) is 0. The molecule has 2 unspecified atom stereocenters. The molecular weight excluding hydrogens is 238 g/mol. The Bertz CT molecular complexity index is 311. The SMILES string of the molecule is Cc1ccccc1C1CNCC1CBr. The van der Waals surface area contributed by atoms with Gasteiger partial charge in [-0.2, -0.15) is 0 Å². The first kappa shape index (κ1) is 10.2. The zero-order chi connectivity index (χ0) is 9.97. The lowest BCUT2D eigenvalue weighted by Crippen LogP contribution is -2.12. The molecular formula is C12H16BrN. The molecule has 0 spiro atoms. The van der Waals surface area contributed by atoms with Crippen LogP contribution in [0.3, 0.4) is 0 Å². The lowest BCUT2D eigenvalue weighted by Gasteiger charge is -2.18. The van der Waals surface area contributed by atoms with Crippen molar-refractivity contribution in [2.75, 3.05) is 18.4 Å². The summed E-state index contributed by atoms with van der Waals surface area (Å²) in [5.41, 5.74) is 2.94. The number of aryl methyl sites for hydroxylation is 1. The molecule has 0 radical (unpaired) electrons. The Morgan fingerprint density at radius 2 is 2.14 bits per heavy atom. The summed E-state index contributed by atoms with van der Waals surface area (Å²) in [6, 6.07) is 8.73. The highest BCUT2D eigenvalue weighted by atomic mass is 79.9. The van der Waals surface area contributed by atoms with Crippen LogP contribution in [-0.2, 0) is 0 Å². The van der Waals surface area contributed by atoms with E-state index >= 15 is 0 Å². The lowest BCUT2D eigenvalue weighted by atomic mass is 9.88. The maximum absolute atomic E-state index is 3.60. The Labute approximate surface area is 94.0 Å². The first-order valence-electron chi connectivity index (χ1n) is 5.15. The van der Waals surface area contributed by atoms with Crippen molar-refractivity contribution in [2.24, 2.45) is 5.92 Å². The van der Waals surface area contributed by atoms with Crippen LogP contribution in [0, 0.1) is 12.8 Å². The van der Waals surface area contributed by atoms with Gasteiger partial charge in [-0.1, -0.05) is 40.2 Å². The molecule has 1 saturated heterocycles. The van der Waals surface area contributed by atoms with Gasteiger partial charge in [-0.3, -0.25) is 0 Å². The summed E-state index contributed by atoms with van der Waals surface area (Å²) in [5.74, 6) is 1.44. The van der Waals surface area contributed by atoms with Crippen molar-refractivity contribution < 1.29 is 0 Å². The van der Waals surface area contributed by atoms with Crippen molar-refractivity contribution in [1.82, 2.24) is 5.32 Å². The second kappa shape index (κ2) is 4.45. The van der Waals surface area contributed by atoms with E-state index in [1.807, 2.05) is 0 Å². The Hall–Kier alpha value is -0.340. The summed E-state index contributed by atoms with van der Waals surface area (Å²) >= 11 is 3.60. The maximum Gasteiger partial charge on any atom is 0.00781 e. The van der Waals surface area contributed by atoms with Crippen LogP contribution in [0.4, 0.5) is 0 Å². The van der Waals surface area contributed by atoms with Crippen LogP contribution in [0.25, 0.3) is 0 Å². The molecule has 1 fully saturated rings. The molecule has 0 aliphatic carbocycles. The third-order valence-electron chi connectivity index (χ3n) is 3.13. The zero-order valence-electron chi connectivity index (χ0n) is 8.46. The summed E-state index contributed by atoms with van der Waals surface area (Å²) in [6.45, 7) is 4.48. The molecule has 14 heavy (non-hydrogen) atoms. The minimum absolute atomic E-state index is 0.690. The molecule has 2 rings (SSSR count). The molecule has 0 amide bonds. The topological polar surface area (TPSA) is 12.0 Å². The third kappa shape index (κ3) is 1.86. The maximum atomic E-state index is 3.60. The van der Waals surface area contributed by atoms with E-state index in [2.05, 4.69) is 52.4 Å². The smallest absolute Gasteiger partial charge is 0.00781 e. The molecule has 1 nitrogen and oxygen atoms in total. The zero-order valence-corrected chi connectivity index (χ0v) is 10.0. The Morgan fingerprint density at radius 3 is 2.86 bits per heavy atom. The number of benzene rings is 1. The van der Waals surface area contributed by atoms with Gasteiger partial charge in [0.15, 0.2) is 0 Å². The van der Waals surface area contributed by atoms with Crippen molar-refractivity contribution in [3.63, 3.8) is 0 Å². The van der Waals surface area contributed by atoms with Crippen LogP contribution in [0.15, 0.2) is 24.3 Å². The van der Waals surface area contributed by atoms with Gasteiger partial charge in [-0.25, -0.2) is 0 Å². The normalized spacial score (nSPS) is 26.7. The van der Waals surface area contributed by atoms with Gasteiger partial charge in [-0.15, -0.1) is 0 Å². The van der Waals surface area contributed by atoms with Gasteiger partial charge in [0.1, 0.15) is 0 Å². The summed E-state index contributed by atoms with van der Waals surface area (Å²) < 4.78 is 0. The fourth-order valence-corrected chi connectivity index (χ4v) is 2.94. The number of alkyl halides is 1. The summed E-state index contributed by atoms with van der Waals surface area (Å²) in [5, 5.41) is 4.57. The number of nitrogens with one attached hydrogen (secondary N) is 1. The molecule has 0 bridgehead atoms. The standard InChI is InChI=1S/C12H16BrN/c1-9-4-2-3-5-11(9)12-8-14-7-10(12)6-13/h2-5,10,12,14H,6-8H2,1H3. The third-order valence-corrected chi connectivity index (χ3v) is 3.96. The van der Waals surface area contributed by atoms with Crippen LogP contribution in [0.2, 0.25) is 0 Å². The van der Waals surface area contributed by atoms with E-state index in [1.165, 1.54) is 11.1 Å². The molecule has 1 heterocycles. The molecule has 0 aromatic heterocycles. The van der Waals surface area contributed by atoms with Gasteiger partial charge in [0.05, 0.1) is 0 Å². The van der Waals surface area contributed by atoms with Crippen LogP contribution < -0.4 is 5.32 Å². The highest BCUT2D eigenvalue weighted by Gasteiger charge is 2.27. The largest absolute Gasteiger partial charge is 0.316 e.